The number of likely N-dealkylation sites (tertiary alicyclic amines) is 1. The van der Waals surface area contributed by atoms with Crippen molar-refractivity contribution in [2.45, 2.75) is 19.8 Å². The lowest BCUT2D eigenvalue weighted by atomic mass is 9.95. The van der Waals surface area contributed by atoms with Gasteiger partial charge in [-0.15, -0.1) is 0 Å². The lowest BCUT2D eigenvalue weighted by molar-refractivity contribution is -0.136. The van der Waals surface area contributed by atoms with E-state index >= 15 is 0 Å². The molecule has 7 nitrogen and oxygen atoms in total. The van der Waals surface area contributed by atoms with Crippen LogP contribution in [0.25, 0.3) is 0 Å². The molecule has 0 aliphatic carbocycles. The predicted octanol–water partition coefficient (Wildman–Crippen LogP) is 3.55. The van der Waals surface area contributed by atoms with Crippen LogP contribution < -0.4 is 15.4 Å². The molecule has 0 unspecified atom stereocenters. The van der Waals surface area contributed by atoms with E-state index < -0.39 is 0 Å². The Hall–Kier alpha value is -3.06. The fraction of sp³-hybridized carbons (Fsp3) is 0.318. The first kappa shape index (κ1) is 21.6. The summed E-state index contributed by atoms with van der Waals surface area (Å²) < 4.78 is 5.51. The van der Waals surface area contributed by atoms with Crippen LogP contribution in [-0.4, -0.2) is 42.3 Å². The molecule has 2 aromatic rings. The van der Waals surface area contributed by atoms with Crippen LogP contribution in [0.3, 0.4) is 0 Å². The average molecular weight is 430 g/mol. The molecule has 0 spiro atoms. The number of hydrogen-bond donors (Lipinski definition) is 2. The third-order valence-electron chi connectivity index (χ3n) is 4.87. The van der Waals surface area contributed by atoms with E-state index in [0.717, 1.165) is 0 Å². The molecule has 0 radical (unpaired) electrons. The molecule has 1 fully saturated rings. The molecule has 0 aromatic heterocycles. The highest BCUT2D eigenvalue weighted by atomic mass is 35.5. The molecule has 1 aliphatic heterocycles. The Labute approximate surface area is 180 Å². The smallest absolute Gasteiger partial charge is 0.260 e. The highest BCUT2D eigenvalue weighted by molar-refractivity contribution is 6.34. The van der Waals surface area contributed by atoms with E-state index in [9.17, 15) is 14.4 Å². The number of amides is 3. The van der Waals surface area contributed by atoms with Gasteiger partial charge < -0.3 is 20.3 Å². The Bertz CT molecular complexity index is 912. The van der Waals surface area contributed by atoms with Crippen molar-refractivity contribution in [1.82, 2.24) is 4.90 Å². The minimum absolute atomic E-state index is 0.0167. The van der Waals surface area contributed by atoms with Crippen LogP contribution in [0.4, 0.5) is 11.4 Å². The van der Waals surface area contributed by atoms with E-state index in [1.54, 1.807) is 35.2 Å². The molecule has 1 heterocycles. The van der Waals surface area contributed by atoms with Crippen LogP contribution in [0, 0.1) is 5.92 Å². The fourth-order valence-corrected chi connectivity index (χ4v) is 3.50. The third-order valence-corrected chi connectivity index (χ3v) is 5.18. The van der Waals surface area contributed by atoms with Crippen LogP contribution in [-0.2, 0) is 14.4 Å². The molecule has 30 heavy (non-hydrogen) atoms. The highest BCUT2D eigenvalue weighted by Crippen LogP contribution is 2.27. The Morgan fingerprint density at radius 3 is 2.40 bits per heavy atom. The number of piperidine rings is 1. The van der Waals surface area contributed by atoms with Gasteiger partial charge in [-0.1, -0.05) is 29.8 Å². The minimum atomic E-state index is -0.199. The maximum atomic E-state index is 12.6. The molecule has 2 aromatic carbocycles. The van der Waals surface area contributed by atoms with Gasteiger partial charge in [-0.2, -0.15) is 0 Å². The monoisotopic (exact) mass is 429 g/mol. The van der Waals surface area contributed by atoms with Gasteiger partial charge in [0, 0.05) is 31.6 Å². The number of nitrogens with one attached hydrogen (secondary N) is 2. The SMILES string of the molecule is CC(=O)Nc1ccc(NC(=O)C2CCN(C(=O)COc3ccccc3)CC2)c(Cl)c1. The Balaban J connectivity index is 1.47. The van der Waals surface area contributed by atoms with Crippen molar-refractivity contribution in [2.24, 2.45) is 5.92 Å². The molecule has 2 N–H and O–H groups in total. The summed E-state index contributed by atoms with van der Waals surface area (Å²) in [6.07, 6.45) is 1.15. The zero-order chi connectivity index (χ0) is 21.5. The summed E-state index contributed by atoms with van der Waals surface area (Å²) in [5.74, 6) is 0.0427. The van der Waals surface area contributed by atoms with Crippen molar-refractivity contribution in [1.29, 1.82) is 0 Å². The predicted molar refractivity (Wildman–Crippen MR) is 116 cm³/mol. The Morgan fingerprint density at radius 2 is 1.77 bits per heavy atom. The topological polar surface area (TPSA) is 87.7 Å². The summed E-state index contributed by atoms with van der Waals surface area (Å²) in [4.78, 5) is 37.8. The maximum Gasteiger partial charge on any atom is 0.260 e. The number of carbonyl (C=O) groups is 3. The van der Waals surface area contributed by atoms with Crippen molar-refractivity contribution < 1.29 is 19.1 Å². The first-order valence-electron chi connectivity index (χ1n) is 9.76. The summed E-state index contributed by atoms with van der Waals surface area (Å²) in [6.45, 7) is 2.40. The number of hydrogen-bond acceptors (Lipinski definition) is 4. The molecule has 3 rings (SSSR count). The quantitative estimate of drug-likeness (QED) is 0.735. The number of para-hydroxylation sites is 1. The van der Waals surface area contributed by atoms with E-state index in [2.05, 4.69) is 10.6 Å². The number of anilines is 2. The van der Waals surface area contributed by atoms with E-state index in [-0.39, 0.29) is 30.2 Å². The number of nitrogens with zero attached hydrogens (tertiary/aromatic N) is 1. The second kappa shape index (κ2) is 10.1. The van der Waals surface area contributed by atoms with Gasteiger partial charge in [0.15, 0.2) is 6.61 Å². The van der Waals surface area contributed by atoms with Gasteiger partial charge in [0.2, 0.25) is 11.8 Å². The number of ether oxygens (including phenoxy) is 1. The first-order chi connectivity index (χ1) is 14.4. The highest BCUT2D eigenvalue weighted by Gasteiger charge is 2.27. The third kappa shape index (κ3) is 5.97. The first-order valence-corrected chi connectivity index (χ1v) is 10.1. The molecule has 0 atom stereocenters. The molecular formula is C22H24ClN3O4. The van der Waals surface area contributed by atoms with Gasteiger partial charge >= 0.3 is 0 Å². The van der Waals surface area contributed by atoms with Crippen LogP contribution >= 0.6 is 11.6 Å². The van der Waals surface area contributed by atoms with Crippen molar-refractivity contribution >= 4 is 40.7 Å². The van der Waals surface area contributed by atoms with Gasteiger partial charge in [-0.25, -0.2) is 0 Å². The zero-order valence-corrected chi connectivity index (χ0v) is 17.4. The molecule has 0 bridgehead atoms. The summed E-state index contributed by atoms with van der Waals surface area (Å²) in [6, 6.07) is 14.1. The fourth-order valence-electron chi connectivity index (χ4n) is 3.28. The summed E-state index contributed by atoms with van der Waals surface area (Å²) in [5.41, 5.74) is 1.06. The van der Waals surface area contributed by atoms with Crippen LogP contribution in [0.5, 0.6) is 5.75 Å². The van der Waals surface area contributed by atoms with Gasteiger partial charge in [-0.05, 0) is 43.2 Å². The molecule has 158 valence electrons. The molecular weight excluding hydrogens is 406 g/mol. The number of rotatable bonds is 6. The van der Waals surface area contributed by atoms with Gasteiger partial charge in [0.1, 0.15) is 5.75 Å². The van der Waals surface area contributed by atoms with Crippen LogP contribution in [0.2, 0.25) is 5.02 Å². The number of carbonyl (C=O) groups excluding carboxylic acids is 3. The molecule has 1 saturated heterocycles. The maximum absolute atomic E-state index is 12.6. The Kier molecular flexibility index (Phi) is 7.30. The van der Waals surface area contributed by atoms with Crippen LogP contribution in [0.1, 0.15) is 19.8 Å². The number of benzene rings is 2. The zero-order valence-electron chi connectivity index (χ0n) is 16.7. The lowest BCUT2D eigenvalue weighted by Crippen LogP contribution is -2.43. The molecule has 3 amide bonds. The molecule has 8 heteroatoms. The second-order valence-corrected chi connectivity index (χ2v) is 7.53. The van der Waals surface area contributed by atoms with Crippen LogP contribution in [0.15, 0.2) is 48.5 Å². The van der Waals surface area contributed by atoms with Gasteiger partial charge in [0.25, 0.3) is 5.91 Å². The van der Waals surface area contributed by atoms with E-state index in [1.165, 1.54) is 6.92 Å². The summed E-state index contributed by atoms with van der Waals surface area (Å²) in [7, 11) is 0. The van der Waals surface area contributed by atoms with Crippen molar-refractivity contribution in [2.75, 3.05) is 30.3 Å². The van der Waals surface area contributed by atoms with E-state index in [4.69, 9.17) is 16.3 Å². The minimum Gasteiger partial charge on any atom is -0.484 e. The standard InChI is InChI=1S/C22H24ClN3O4/c1-15(27)24-17-7-8-20(19(23)13-17)25-22(29)16-9-11-26(12-10-16)21(28)14-30-18-5-3-2-4-6-18/h2-8,13,16H,9-12,14H2,1H3,(H,24,27)(H,25,29). The van der Waals surface area contributed by atoms with E-state index in [0.29, 0.717) is 48.1 Å². The number of halogens is 1. The average Bonchev–Trinajstić information content (AvgIpc) is 2.74. The van der Waals surface area contributed by atoms with Gasteiger partial charge in [0.05, 0.1) is 10.7 Å². The molecule has 1 aliphatic rings. The normalized spacial score (nSPS) is 14.1. The largest absolute Gasteiger partial charge is 0.484 e. The van der Waals surface area contributed by atoms with Gasteiger partial charge in [-0.3, -0.25) is 14.4 Å². The van der Waals surface area contributed by atoms with E-state index in [1.807, 2.05) is 18.2 Å². The van der Waals surface area contributed by atoms with Crippen molar-refractivity contribution in [3.05, 3.63) is 53.6 Å². The summed E-state index contributed by atoms with van der Waals surface area (Å²) >= 11 is 6.21. The van der Waals surface area contributed by atoms with Crippen molar-refractivity contribution in [3.8, 4) is 5.75 Å². The summed E-state index contributed by atoms with van der Waals surface area (Å²) in [5, 5.41) is 5.83. The molecule has 0 saturated carbocycles. The Morgan fingerprint density at radius 1 is 1.07 bits per heavy atom. The second-order valence-electron chi connectivity index (χ2n) is 7.12. The van der Waals surface area contributed by atoms with Crippen molar-refractivity contribution in [3.63, 3.8) is 0 Å². The lowest BCUT2D eigenvalue weighted by Gasteiger charge is -2.31.